The number of nitrogens with zero attached hydrogens (tertiary/aromatic N) is 1. The molecule has 1 heterocycles. The van der Waals surface area contributed by atoms with E-state index in [0.29, 0.717) is 41.7 Å². The standard InChI is InChI=1S/C30H37NO4S/c1-20-11-21(2)19-31(18-20)36(33,34)28-9-3-25(4-10-28)29(32)35-27-7-5-26(6-8-27)30-15-22-12-23(16-30)14-24(13-22)17-30/h3-10,20-24H,11-19H2,1-2H3/t20-,21-,22?,23?,24?,30?/m1/s1. The van der Waals surface area contributed by atoms with Gasteiger partial charge in [0.1, 0.15) is 5.75 Å². The van der Waals surface area contributed by atoms with Crippen molar-refractivity contribution in [3.05, 3.63) is 59.7 Å². The van der Waals surface area contributed by atoms with E-state index in [9.17, 15) is 13.2 Å². The van der Waals surface area contributed by atoms with Crippen molar-refractivity contribution in [1.82, 2.24) is 4.31 Å². The number of carbonyl (C=O) groups excluding carboxylic acids is 1. The maximum atomic E-state index is 13.1. The Bertz CT molecular complexity index is 1190. The van der Waals surface area contributed by atoms with Crippen LogP contribution in [-0.2, 0) is 15.4 Å². The van der Waals surface area contributed by atoms with E-state index in [1.165, 1.54) is 56.2 Å². The van der Waals surface area contributed by atoms with E-state index >= 15 is 0 Å². The van der Waals surface area contributed by atoms with Crippen LogP contribution in [0.25, 0.3) is 0 Å². The minimum absolute atomic E-state index is 0.222. The number of benzene rings is 2. The number of ether oxygens (including phenoxy) is 1. The molecule has 0 amide bonds. The van der Waals surface area contributed by atoms with Gasteiger partial charge in [0.25, 0.3) is 0 Å². The highest BCUT2D eigenvalue weighted by Gasteiger charge is 2.51. The highest BCUT2D eigenvalue weighted by atomic mass is 32.2. The molecule has 0 spiro atoms. The molecule has 192 valence electrons. The number of hydrogen-bond acceptors (Lipinski definition) is 4. The summed E-state index contributed by atoms with van der Waals surface area (Å²) in [5, 5.41) is 0. The molecule has 0 aromatic heterocycles. The minimum atomic E-state index is -3.57. The van der Waals surface area contributed by atoms with Crippen molar-refractivity contribution in [1.29, 1.82) is 0 Å². The molecule has 5 aliphatic rings. The van der Waals surface area contributed by atoms with Crippen molar-refractivity contribution in [2.75, 3.05) is 13.1 Å². The molecule has 5 nitrogen and oxygen atoms in total. The van der Waals surface area contributed by atoms with Crippen LogP contribution in [-0.4, -0.2) is 31.8 Å². The lowest BCUT2D eigenvalue weighted by molar-refractivity contribution is -0.00519. The Balaban J connectivity index is 1.12. The predicted octanol–water partition coefficient (Wildman–Crippen LogP) is 6.04. The molecule has 36 heavy (non-hydrogen) atoms. The average Bonchev–Trinajstić information content (AvgIpc) is 2.83. The third-order valence-electron chi connectivity index (χ3n) is 9.28. The van der Waals surface area contributed by atoms with Gasteiger partial charge in [-0.25, -0.2) is 13.2 Å². The Hall–Kier alpha value is -2.18. The number of esters is 1. The molecule has 1 aliphatic heterocycles. The first-order valence-electron chi connectivity index (χ1n) is 13.6. The lowest BCUT2D eigenvalue weighted by atomic mass is 9.48. The Morgan fingerprint density at radius 2 is 1.33 bits per heavy atom. The maximum Gasteiger partial charge on any atom is 0.343 e. The van der Waals surface area contributed by atoms with E-state index in [4.69, 9.17) is 4.74 Å². The summed E-state index contributed by atoms with van der Waals surface area (Å²) < 4.78 is 33.5. The van der Waals surface area contributed by atoms with Crippen LogP contribution < -0.4 is 4.74 Å². The third kappa shape index (κ3) is 4.41. The normalized spacial score (nSPS) is 34.0. The second-order valence-electron chi connectivity index (χ2n) is 12.4. The first kappa shape index (κ1) is 24.2. The number of carbonyl (C=O) groups is 1. The van der Waals surface area contributed by atoms with Gasteiger partial charge in [-0.15, -0.1) is 0 Å². The van der Waals surface area contributed by atoms with Crippen LogP contribution in [0.4, 0.5) is 0 Å². The predicted molar refractivity (Wildman–Crippen MR) is 139 cm³/mol. The van der Waals surface area contributed by atoms with Crippen LogP contribution in [0.15, 0.2) is 53.4 Å². The molecule has 1 saturated heterocycles. The Labute approximate surface area is 215 Å². The largest absolute Gasteiger partial charge is 0.423 e. The van der Waals surface area contributed by atoms with Crippen LogP contribution in [0.1, 0.15) is 74.7 Å². The molecule has 4 aliphatic carbocycles. The highest BCUT2D eigenvalue weighted by Crippen LogP contribution is 2.60. The Morgan fingerprint density at radius 3 is 1.86 bits per heavy atom. The van der Waals surface area contributed by atoms with Crippen molar-refractivity contribution < 1.29 is 17.9 Å². The van der Waals surface area contributed by atoms with Crippen LogP contribution in [0.3, 0.4) is 0 Å². The molecule has 0 unspecified atom stereocenters. The summed E-state index contributed by atoms with van der Waals surface area (Å²) in [6.45, 7) is 5.26. The lowest BCUT2D eigenvalue weighted by Gasteiger charge is -2.57. The van der Waals surface area contributed by atoms with E-state index < -0.39 is 16.0 Å². The minimum Gasteiger partial charge on any atom is -0.423 e. The van der Waals surface area contributed by atoms with Crippen LogP contribution in [0.5, 0.6) is 5.75 Å². The van der Waals surface area contributed by atoms with Crippen molar-refractivity contribution in [3.8, 4) is 5.75 Å². The van der Waals surface area contributed by atoms with Gasteiger partial charge in [0.2, 0.25) is 10.0 Å². The third-order valence-corrected chi connectivity index (χ3v) is 11.1. The van der Waals surface area contributed by atoms with E-state index in [1.807, 2.05) is 12.1 Å². The van der Waals surface area contributed by atoms with Gasteiger partial charge in [0.05, 0.1) is 10.5 Å². The zero-order valence-corrected chi connectivity index (χ0v) is 22.2. The first-order valence-corrected chi connectivity index (χ1v) is 15.1. The quantitative estimate of drug-likeness (QED) is 0.366. The second-order valence-corrected chi connectivity index (χ2v) is 14.3. The molecule has 4 bridgehead atoms. The molecular formula is C30H37NO4S. The summed E-state index contributed by atoms with van der Waals surface area (Å²) >= 11 is 0. The summed E-state index contributed by atoms with van der Waals surface area (Å²) in [5.41, 5.74) is 2.07. The van der Waals surface area contributed by atoms with Gasteiger partial charge in [0, 0.05) is 13.1 Å². The number of rotatable bonds is 5. The van der Waals surface area contributed by atoms with Crippen LogP contribution >= 0.6 is 0 Å². The molecule has 2 aromatic carbocycles. The molecule has 2 aromatic rings. The lowest BCUT2D eigenvalue weighted by Crippen LogP contribution is -2.48. The molecular weight excluding hydrogens is 470 g/mol. The van der Waals surface area contributed by atoms with E-state index in [0.717, 1.165) is 24.2 Å². The molecule has 7 rings (SSSR count). The fraction of sp³-hybridized carbons (Fsp3) is 0.567. The van der Waals surface area contributed by atoms with Crippen molar-refractivity contribution in [2.24, 2.45) is 29.6 Å². The first-order chi connectivity index (χ1) is 17.2. The Morgan fingerprint density at radius 1 is 0.806 bits per heavy atom. The van der Waals surface area contributed by atoms with Gasteiger partial charge < -0.3 is 4.74 Å². The van der Waals surface area contributed by atoms with E-state index in [2.05, 4.69) is 26.0 Å². The molecule has 0 N–H and O–H groups in total. The number of piperidine rings is 1. The fourth-order valence-electron chi connectivity index (χ4n) is 8.22. The van der Waals surface area contributed by atoms with E-state index in [-0.39, 0.29) is 4.90 Å². The summed E-state index contributed by atoms with van der Waals surface area (Å²) in [6.07, 6.45) is 9.23. The van der Waals surface area contributed by atoms with Crippen molar-refractivity contribution >= 4 is 16.0 Å². The van der Waals surface area contributed by atoms with Crippen LogP contribution in [0, 0.1) is 29.6 Å². The molecule has 5 fully saturated rings. The molecule has 2 atom stereocenters. The molecule has 0 radical (unpaired) electrons. The summed E-state index contributed by atoms with van der Waals surface area (Å²) in [7, 11) is -3.57. The van der Waals surface area contributed by atoms with Crippen molar-refractivity contribution in [2.45, 2.75) is 69.1 Å². The number of sulfonamides is 1. The van der Waals surface area contributed by atoms with Gasteiger partial charge >= 0.3 is 5.97 Å². The summed E-state index contributed by atoms with van der Waals surface area (Å²) in [4.78, 5) is 13.0. The average molecular weight is 508 g/mol. The number of hydrogen-bond donors (Lipinski definition) is 0. The van der Waals surface area contributed by atoms with Crippen LogP contribution in [0.2, 0.25) is 0 Å². The molecule has 6 heteroatoms. The van der Waals surface area contributed by atoms with Gasteiger partial charge in [-0.3, -0.25) is 0 Å². The SMILES string of the molecule is C[C@@H]1C[C@@H](C)CN(S(=O)(=O)c2ccc(C(=O)Oc3ccc(C45CC6CC(CC(C6)C4)C5)cc3)cc2)C1. The fourth-order valence-corrected chi connectivity index (χ4v) is 9.90. The maximum absolute atomic E-state index is 13.1. The second kappa shape index (κ2) is 8.98. The summed E-state index contributed by atoms with van der Waals surface area (Å²) in [6, 6.07) is 14.3. The topological polar surface area (TPSA) is 63.7 Å². The van der Waals surface area contributed by atoms with Gasteiger partial charge in [-0.1, -0.05) is 26.0 Å². The monoisotopic (exact) mass is 507 g/mol. The zero-order chi connectivity index (χ0) is 25.1. The zero-order valence-electron chi connectivity index (χ0n) is 21.4. The highest BCUT2D eigenvalue weighted by molar-refractivity contribution is 7.89. The Kier molecular flexibility index (Phi) is 6.03. The van der Waals surface area contributed by atoms with Crippen molar-refractivity contribution in [3.63, 3.8) is 0 Å². The van der Waals surface area contributed by atoms with Gasteiger partial charge in [-0.05, 0) is 122 Å². The smallest absolute Gasteiger partial charge is 0.343 e. The van der Waals surface area contributed by atoms with E-state index in [1.54, 1.807) is 16.4 Å². The molecule has 4 saturated carbocycles. The summed E-state index contributed by atoms with van der Waals surface area (Å²) in [5.74, 6) is 3.41. The van der Waals surface area contributed by atoms with Gasteiger partial charge in [0.15, 0.2) is 0 Å². The van der Waals surface area contributed by atoms with Gasteiger partial charge in [-0.2, -0.15) is 4.31 Å².